The summed E-state index contributed by atoms with van der Waals surface area (Å²) in [5.41, 5.74) is 2.29. The molecule has 0 bridgehead atoms. The van der Waals surface area contributed by atoms with E-state index in [0.717, 1.165) is 51.3 Å². The molecule has 21 heavy (non-hydrogen) atoms. The molecule has 0 aromatic heterocycles. The van der Waals surface area contributed by atoms with Crippen molar-refractivity contribution < 1.29 is 5.11 Å². The van der Waals surface area contributed by atoms with Crippen LogP contribution < -0.4 is 4.90 Å². The zero-order valence-corrected chi connectivity index (χ0v) is 13.6. The molecular formula is C17H29N3O. The molecular weight excluding hydrogens is 262 g/mol. The van der Waals surface area contributed by atoms with Crippen molar-refractivity contribution in [3.8, 4) is 0 Å². The predicted molar refractivity (Wildman–Crippen MR) is 88.9 cm³/mol. The van der Waals surface area contributed by atoms with Crippen LogP contribution >= 0.6 is 0 Å². The summed E-state index contributed by atoms with van der Waals surface area (Å²) in [5, 5.41) is 9.84. The first kappa shape index (κ1) is 16.3. The number of aliphatic hydroxyl groups is 1. The molecule has 1 fully saturated rings. The third kappa shape index (κ3) is 4.70. The SMILES string of the molecule is CC[C@@H](O)c1ccc(N2CCN(CCN(C)C)CC2)cc1. The van der Waals surface area contributed by atoms with Crippen LogP contribution in [0.5, 0.6) is 0 Å². The molecule has 1 heterocycles. The quantitative estimate of drug-likeness (QED) is 0.866. The third-order valence-electron chi connectivity index (χ3n) is 4.27. The minimum absolute atomic E-state index is 0.332. The Morgan fingerprint density at radius 1 is 1.10 bits per heavy atom. The van der Waals surface area contributed by atoms with Gasteiger partial charge in [-0.05, 0) is 38.2 Å². The molecule has 1 saturated heterocycles. The summed E-state index contributed by atoms with van der Waals surface area (Å²) >= 11 is 0. The largest absolute Gasteiger partial charge is 0.388 e. The molecule has 1 aromatic carbocycles. The van der Waals surface area contributed by atoms with Gasteiger partial charge in [-0.3, -0.25) is 4.90 Å². The van der Waals surface area contributed by atoms with Crippen molar-refractivity contribution in [1.29, 1.82) is 0 Å². The summed E-state index contributed by atoms with van der Waals surface area (Å²) < 4.78 is 0. The van der Waals surface area contributed by atoms with Gasteiger partial charge in [0.1, 0.15) is 0 Å². The monoisotopic (exact) mass is 291 g/mol. The average Bonchev–Trinajstić information content (AvgIpc) is 2.53. The molecule has 0 aliphatic carbocycles. The first-order chi connectivity index (χ1) is 10.1. The van der Waals surface area contributed by atoms with E-state index in [4.69, 9.17) is 0 Å². The summed E-state index contributed by atoms with van der Waals surface area (Å²) in [6.07, 6.45) is 0.436. The van der Waals surface area contributed by atoms with Gasteiger partial charge in [0.2, 0.25) is 0 Å². The predicted octanol–water partition coefficient (Wildman–Crippen LogP) is 1.81. The number of piperazine rings is 1. The van der Waals surface area contributed by atoms with E-state index in [1.807, 2.05) is 6.92 Å². The van der Waals surface area contributed by atoms with Gasteiger partial charge in [-0.25, -0.2) is 0 Å². The Bertz CT molecular complexity index is 411. The number of benzene rings is 1. The van der Waals surface area contributed by atoms with Gasteiger partial charge in [0.15, 0.2) is 0 Å². The maximum absolute atomic E-state index is 9.84. The number of nitrogens with zero attached hydrogens (tertiary/aromatic N) is 3. The maximum atomic E-state index is 9.84. The topological polar surface area (TPSA) is 30.0 Å². The first-order valence-corrected chi connectivity index (χ1v) is 8.00. The van der Waals surface area contributed by atoms with E-state index < -0.39 is 0 Å². The molecule has 4 heteroatoms. The zero-order chi connectivity index (χ0) is 15.2. The number of rotatable bonds is 6. The number of aliphatic hydroxyl groups excluding tert-OH is 1. The van der Waals surface area contributed by atoms with Gasteiger partial charge < -0.3 is 14.9 Å². The van der Waals surface area contributed by atoms with Crippen LogP contribution in [0.3, 0.4) is 0 Å². The molecule has 118 valence electrons. The Labute approximate surface area is 129 Å². The van der Waals surface area contributed by atoms with E-state index in [2.05, 4.69) is 53.1 Å². The van der Waals surface area contributed by atoms with Crippen LogP contribution in [0.15, 0.2) is 24.3 Å². The first-order valence-electron chi connectivity index (χ1n) is 8.00. The lowest BCUT2D eigenvalue weighted by Crippen LogP contribution is -2.48. The lowest BCUT2D eigenvalue weighted by Gasteiger charge is -2.36. The van der Waals surface area contributed by atoms with Crippen LogP contribution in [0.1, 0.15) is 25.0 Å². The summed E-state index contributed by atoms with van der Waals surface area (Å²) in [4.78, 5) is 7.21. The molecule has 2 rings (SSSR count). The van der Waals surface area contributed by atoms with Crippen LogP contribution in [-0.4, -0.2) is 68.3 Å². The highest BCUT2D eigenvalue weighted by Gasteiger charge is 2.17. The van der Waals surface area contributed by atoms with E-state index in [0.29, 0.717) is 0 Å². The Kier molecular flexibility index (Phi) is 6.03. The van der Waals surface area contributed by atoms with Gasteiger partial charge in [-0.15, -0.1) is 0 Å². The molecule has 1 N–H and O–H groups in total. The highest BCUT2D eigenvalue weighted by molar-refractivity contribution is 5.48. The zero-order valence-electron chi connectivity index (χ0n) is 13.6. The van der Waals surface area contributed by atoms with Crippen LogP contribution in [0.4, 0.5) is 5.69 Å². The van der Waals surface area contributed by atoms with Crippen molar-refractivity contribution in [2.45, 2.75) is 19.4 Å². The maximum Gasteiger partial charge on any atom is 0.0787 e. The highest BCUT2D eigenvalue weighted by atomic mass is 16.3. The van der Waals surface area contributed by atoms with Crippen molar-refractivity contribution in [1.82, 2.24) is 9.80 Å². The minimum atomic E-state index is -0.332. The van der Waals surface area contributed by atoms with Gasteiger partial charge in [-0.1, -0.05) is 19.1 Å². The number of anilines is 1. The van der Waals surface area contributed by atoms with Gasteiger partial charge in [-0.2, -0.15) is 0 Å². The van der Waals surface area contributed by atoms with Gasteiger partial charge in [0, 0.05) is 45.0 Å². The van der Waals surface area contributed by atoms with E-state index in [9.17, 15) is 5.11 Å². The van der Waals surface area contributed by atoms with Crippen molar-refractivity contribution in [2.75, 3.05) is 58.3 Å². The fourth-order valence-electron chi connectivity index (χ4n) is 2.71. The van der Waals surface area contributed by atoms with Crippen molar-refractivity contribution in [2.24, 2.45) is 0 Å². The Balaban J connectivity index is 1.84. The summed E-state index contributed by atoms with van der Waals surface area (Å²) in [6, 6.07) is 8.40. The van der Waals surface area contributed by atoms with Crippen LogP contribution in [0.2, 0.25) is 0 Å². The molecule has 0 radical (unpaired) electrons. The smallest absolute Gasteiger partial charge is 0.0787 e. The van der Waals surface area contributed by atoms with E-state index in [1.54, 1.807) is 0 Å². The molecule has 1 aliphatic heterocycles. The van der Waals surface area contributed by atoms with Crippen molar-refractivity contribution >= 4 is 5.69 Å². The Morgan fingerprint density at radius 3 is 2.24 bits per heavy atom. The second-order valence-electron chi connectivity index (χ2n) is 6.15. The summed E-state index contributed by atoms with van der Waals surface area (Å²) in [5.74, 6) is 0. The van der Waals surface area contributed by atoms with Crippen LogP contribution in [0, 0.1) is 0 Å². The number of likely N-dealkylation sites (N-methyl/N-ethyl adjacent to an activating group) is 1. The molecule has 0 amide bonds. The number of hydrogen-bond donors (Lipinski definition) is 1. The lowest BCUT2D eigenvalue weighted by atomic mass is 10.1. The summed E-state index contributed by atoms with van der Waals surface area (Å²) in [6.45, 7) is 8.73. The molecule has 0 spiro atoms. The molecule has 0 saturated carbocycles. The van der Waals surface area contributed by atoms with Crippen LogP contribution in [-0.2, 0) is 0 Å². The van der Waals surface area contributed by atoms with Gasteiger partial charge >= 0.3 is 0 Å². The lowest BCUT2D eigenvalue weighted by molar-refractivity contribution is 0.173. The highest BCUT2D eigenvalue weighted by Crippen LogP contribution is 2.21. The molecule has 1 aromatic rings. The molecule has 1 atom stereocenters. The molecule has 4 nitrogen and oxygen atoms in total. The van der Waals surface area contributed by atoms with E-state index in [1.165, 1.54) is 5.69 Å². The Hall–Kier alpha value is -1.10. The average molecular weight is 291 g/mol. The van der Waals surface area contributed by atoms with Crippen LogP contribution in [0.25, 0.3) is 0 Å². The summed E-state index contributed by atoms with van der Waals surface area (Å²) in [7, 11) is 4.26. The Morgan fingerprint density at radius 2 is 1.71 bits per heavy atom. The second-order valence-corrected chi connectivity index (χ2v) is 6.15. The van der Waals surface area contributed by atoms with Gasteiger partial charge in [0.05, 0.1) is 6.10 Å². The fourth-order valence-corrected chi connectivity index (χ4v) is 2.71. The molecule has 1 aliphatic rings. The standard InChI is InChI=1S/C17H29N3O/c1-4-17(21)15-5-7-16(8-6-15)20-13-11-19(12-14-20)10-9-18(2)3/h5-8,17,21H,4,9-14H2,1-3H3/t17-/m1/s1. The van der Waals surface area contributed by atoms with Crippen molar-refractivity contribution in [3.63, 3.8) is 0 Å². The third-order valence-corrected chi connectivity index (χ3v) is 4.27. The minimum Gasteiger partial charge on any atom is -0.388 e. The second kappa shape index (κ2) is 7.78. The normalized spacial score (nSPS) is 18.2. The number of hydrogen-bond acceptors (Lipinski definition) is 4. The fraction of sp³-hybridized carbons (Fsp3) is 0.647. The van der Waals surface area contributed by atoms with E-state index >= 15 is 0 Å². The van der Waals surface area contributed by atoms with E-state index in [-0.39, 0.29) is 6.10 Å². The molecule has 0 unspecified atom stereocenters. The van der Waals surface area contributed by atoms with Gasteiger partial charge in [0.25, 0.3) is 0 Å². The van der Waals surface area contributed by atoms with Crippen molar-refractivity contribution in [3.05, 3.63) is 29.8 Å².